The number of hydrogen-bond donors (Lipinski definition) is 2. The fraction of sp³-hybridized carbons (Fsp3) is 0.500. The van der Waals surface area contributed by atoms with Gasteiger partial charge >= 0.3 is 0 Å². The number of hydrogen-bond acceptors (Lipinski definition) is 4. The van der Waals surface area contributed by atoms with Crippen molar-refractivity contribution in [1.82, 2.24) is 9.47 Å². The van der Waals surface area contributed by atoms with Gasteiger partial charge in [0.15, 0.2) is 0 Å². The minimum Gasteiger partial charge on any atom is -0.378 e. The second-order valence-corrected chi connectivity index (χ2v) is 7.33. The van der Waals surface area contributed by atoms with E-state index in [1.807, 2.05) is 46.9 Å². The minimum atomic E-state index is -0.889. The average Bonchev–Trinajstić information content (AvgIpc) is 3.04. The molecule has 3 rings (SSSR count). The number of amides is 2. The molecule has 1 saturated heterocycles. The highest BCUT2D eigenvalue weighted by atomic mass is 16.5. The standard InChI is InChI=1S/C20H28N4O3/c1-3-7-20(2,21)19(26)22-16-4-5-17-15(13-16)6-8-24(17)14-18(25)23-9-11-27-12-10-23/h4-6,8,13H,3,7,9-12,14,21H2,1-2H3,(H,22,26). The predicted octanol–water partition coefficient (Wildman–Crippen LogP) is 1.96. The third kappa shape index (κ3) is 4.48. The van der Waals surface area contributed by atoms with Crippen LogP contribution in [0.1, 0.15) is 26.7 Å². The molecule has 7 heteroatoms. The molecule has 0 aliphatic carbocycles. The summed E-state index contributed by atoms with van der Waals surface area (Å²) < 4.78 is 7.23. The highest BCUT2D eigenvalue weighted by Crippen LogP contribution is 2.22. The number of morpholine rings is 1. The van der Waals surface area contributed by atoms with Crippen LogP contribution in [0.25, 0.3) is 10.9 Å². The lowest BCUT2D eigenvalue weighted by Gasteiger charge is -2.27. The van der Waals surface area contributed by atoms with Gasteiger partial charge in [0.2, 0.25) is 11.8 Å². The second-order valence-electron chi connectivity index (χ2n) is 7.33. The van der Waals surface area contributed by atoms with E-state index in [0.717, 1.165) is 17.3 Å². The number of carbonyl (C=O) groups excluding carboxylic acids is 2. The van der Waals surface area contributed by atoms with Crippen LogP contribution in [-0.4, -0.2) is 53.1 Å². The number of anilines is 1. The van der Waals surface area contributed by atoms with Gasteiger partial charge in [-0.1, -0.05) is 13.3 Å². The van der Waals surface area contributed by atoms with Gasteiger partial charge in [0.05, 0.1) is 18.8 Å². The zero-order valence-electron chi connectivity index (χ0n) is 16.0. The molecule has 1 atom stereocenters. The summed E-state index contributed by atoms with van der Waals surface area (Å²) in [7, 11) is 0. The zero-order valence-corrected chi connectivity index (χ0v) is 16.0. The maximum Gasteiger partial charge on any atom is 0.244 e. The van der Waals surface area contributed by atoms with Gasteiger partial charge < -0.3 is 25.3 Å². The number of aromatic nitrogens is 1. The number of rotatable bonds is 6. The highest BCUT2D eigenvalue weighted by molar-refractivity contribution is 5.99. The summed E-state index contributed by atoms with van der Waals surface area (Å²) in [5, 5.41) is 3.87. The summed E-state index contributed by atoms with van der Waals surface area (Å²) in [4.78, 5) is 26.7. The molecule has 1 aromatic carbocycles. The van der Waals surface area contributed by atoms with Gasteiger partial charge in [-0.05, 0) is 37.6 Å². The monoisotopic (exact) mass is 372 g/mol. The Labute approximate surface area is 159 Å². The molecular weight excluding hydrogens is 344 g/mol. The molecule has 1 aromatic heterocycles. The van der Waals surface area contributed by atoms with Crippen molar-refractivity contribution in [3.05, 3.63) is 30.5 Å². The predicted molar refractivity (Wildman–Crippen MR) is 105 cm³/mol. The van der Waals surface area contributed by atoms with Crippen LogP contribution in [0.4, 0.5) is 5.69 Å². The van der Waals surface area contributed by atoms with Crippen LogP contribution < -0.4 is 11.1 Å². The van der Waals surface area contributed by atoms with Crippen molar-refractivity contribution in [2.45, 2.75) is 38.8 Å². The van der Waals surface area contributed by atoms with Gasteiger partial charge in [0.1, 0.15) is 6.54 Å². The van der Waals surface area contributed by atoms with Gasteiger partial charge in [-0.15, -0.1) is 0 Å². The molecule has 2 amide bonds. The Hall–Kier alpha value is -2.38. The van der Waals surface area contributed by atoms with Crippen LogP contribution in [0, 0.1) is 0 Å². The SMILES string of the molecule is CCCC(C)(N)C(=O)Nc1ccc2c(ccn2CC(=O)N2CCOCC2)c1. The molecule has 0 saturated carbocycles. The van der Waals surface area contributed by atoms with Crippen LogP contribution in [0.15, 0.2) is 30.5 Å². The molecule has 3 N–H and O–H groups in total. The van der Waals surface area contributed by atoms with Crippen LogP contribution >= 0.6 is 0 Å². The molecule has 0 radical (unpaired) electrons. The van der Waals surface area contributed by atoms with Gasteiger partial charge in [0, 0.05) is 35.9 Å². The molecule has 0 bridgehead atoms. The lowest BCUT2D eigenvalue weighted by molar-refractivity contribution is -0.135. The average molecular weight is 372 g/mol. The Morgan fingerprint density at radius 3 is 2.70 bits per heavy atom. The van der Waals surface area contributed by atoms with Crippen LogP contribution in [-0.2, 0) is 20.9 Å². The van der Waals surface area contributed by atoms with Gasteiger partial charge in [-0.25, -0.2) is 0 Å². The molecule has 1 unspecified atom stereocenters. The molecule has 1 aliphatic heterocycles. The summed E-state index contributed by atoms with van der Waals surface area (Å²) >= 11 is 0. The van der Waals surface area contributed by atoms with E-state index in [0.29, 0.717) is 45.0 Å². The van der Waals surface area contributed by atoms with E-state index in [9.17, 15) is 9.59 Å². The van der Waals surface area contributed by atoms with Crippen molar-refractivity contribution >= 4 is 28.4 Å². The second kappa shape index (κ2) is 8.10. The summed E-state index contributed by atoms with van der Waals surface area (Å²) in [6.07, 6.45) is 3.37. The van der Waals surface area contributed by atoms with Crippen molar-refractivity contribution < 1.29 is 14.3 Å². The van der Waals surface area contributed by atoms with Crippen molar-refractivity contribution in [2.75, 3.05) is 31.6 Å². The molecule has 2 heterocycles. The highest BCUT2D eigenvalue weighted by Gasteiger charge is 2.27. The molecule has 1 aliphatic rings. The van der Waals surface area contributed by atoms with E-state index in [1.54, 1.807) is 6.92 Å². The first kappa shape index (κ1) is 19.4. The third-order valence-electron chi connectivity index (χ3n) is 4.99. The third-order valence-corrected chi connectivity index (χ3v) is 4.99. The van der Waals surface area contributed by atoms with Crippen molar-refractivity contribution in [3.63, 3.8) is 0 Å². The van der Waals surface area contributed by atoms with E-state index in [-0.39, 0.29) is 11.8 Å². The fourth-order valence-corrected chi connectivity index (χ4v) is 3.38. The first-order valence-electron chi connectivity index (χ1n) is 9.45. The van der Waals surface area contributed by atoms with Gasteiger partial charge in [-0.2, -0.15) is 0 Å². The molecular formula is C20H28N4O3. The normalized spacial score (nSPS) is 16.9. The number of nitrogens with one attached hydrogen (secondary N) is 1. The first-order valence-corrected chi connectivity index (χ1v) is 9.45. The summed E-state index contributed by atoms with van der Waals surface area (Å²) in [6.45, 7) is 6.53. The number of ether oxygens (including phenoxy) is 1. The lowest BCUT2D eigenvalue weighted by Crippen LogP contribution is -2.48. The smallest absolute Gasteiger partial charge is 0.244 e. The zero-order chi connectivity index (χ0) is 19.4. The summed E-state index contributed by atoms with van der Waals surface area (Å²) in [5.41, 5.74) is 6.87. The van der Waals surface area contributed by atoms with Crippen molar-refractivity contribution in [2.24, 2.45) is 5.73 Å². The quantitative estimate of drug-likeness (QED) is 0.811. The van der Waals surface area contributed by atoms with Crippen LogP contribution in [0.3, 0.4) is 0 Å². The maximum absolute atomic E-state index is 12.5. The minimum absolute atomic E-state index is 0.0895. The molecule has 27 heavy (non-hydrogen) atoms. The number of benzene rings is 1. The van der Waals surface area contributed by atoms with Gasteiger partial charge in [-0.3, -0.25) is 9.59 Å². The van der Waals surface area contributed by atoms with Crippen LogP contribution in [0.2, 0.25) is 0 Å². The first-order chi connectivity index (χ1) is 12.9. The molecule has 0 spiro atoms. The summed E-state index contributed by atoms with van der Waals surface area (Å²) in [5.74, 6) is -0.0997. The van der Waals surface area contributed by atoms with E-state index in [4.69, 9.17) is 10.5 Å². The van der Waals surface area contributed by atoms with E-state index in [2.05, 4.69) is 5.32 Å². The fourth-order valence-electron chi connectivity index (χ4n) is 3.38. The van der Waals surface area contributed by atoms with Crippen LogP contribution in [0.5, 0.6) is 0 Å². The number of fused-ring (bicyclic) bond motifs is 1. The van der Waals surface area contributed by atoms with E-state index < -0.39 is 5.54 Å². The molecule has 146 valence electrons. The molecule has 2 aromatic rings. The number of nitrogens with zero attached hydrogens (tertiary/aromatic N) is 2. The van der Waals surface area contributed by atoms with E-state index in [1.165, 1.54) is 0 Å². The topological polar surface area (TPSA) is 89.6 Å². The maximum atomic E-state index is 12.5. The lowest BCUT2D eigenvalue weighted by atomic mass is 9.96. The Kier molecular flexibility index (Phi) is 5.82. The van der Waals surface area contributed by atoms with E-state index >= 15 is 0 Å². The molecule has 1 fully saturated rings. The number of carbonyl (C=O) groups is 2. The number of nitrogens with two attached hydrogens (primary N) is 1. The Morgan fingerprint density at radius 2 is 2.00 bits per heavy atom. The van der Waals surface area contributed by atoms with Gasteiger partial charge in [0.25, 0.3) is 0 Å². The largest absolute Gasteiger partial charge is 0.378 e. The van der Waals surface area contributed by atoms with Crippen molar-refractivity contribution in [1.29, 1.82) is 0 Å². The van der Waals surface area contributed by atoms with Crippen molar-refractivity contribution in [3.8, 4) is 0 Å². The Balaban J connectivity index is 1.71. The summed E-state index contributed by atoms with van der Waals surface area (Å²) in [6, 6.07) is 7.62. The molecule has 7 nitrogen and oxygen atoms in total. The Morgan fingerprint density at radius 1 is 1.26 bits per heavy atom. The Bertz CT molecular complexity index is 822.